The summed E-state index contributed by atoms with van der Waals surface area (Å²) in [5.41, 5.74) is 0.725. The summed E-state index contributed by atoms with van der Waals surface area (Å²) in [6.45, 7) is 5.48. The Kier molecular flexibility index (Phi) is 5.35. The highest BCUT2D eigenvalue weighted by Gasteiger charge is 2.22. The summed E-state index contributed by atoms with van der Waals surface area (Å²) in [6, 6.07) is 2.01. The molecule has 2 heterocycles. The summed E-state index contributed by atoms with van der Waals surface area (Å²) in [6.07, 6.45) is 6.32. The lowest BCUT2D eigenvalue weighted by atomic mass is 10.2. The van der Waals surface area contributed by atoms with Gasteiger partial charge < -0.3 is 14.8 Å². The number of hydrogen-bond donors (Lipinski definition) is 2. The Morgan fingerprint density at radius 3 is 2.39 bits per heavy atom. The molecule has 1 aromatic rings. The number of pyridine rings is 1. The van der Waals surface area contributed by atoms with Crippen molar-refractivity contribution in [1.82, 2.24) is 14.4 Å². The second-order valence-electron chi connectivity index (χ2n) is 6.70. The van der Waals surface area contributed by atoms with Crippen LogP contribution in [0.2, 0.25) is 0 Å². The van der Waals surface area contributed by atoms with Crippen LogP contribution in [0.15, 0.2) is 17.1 Å². The molecular weight excluding hydrogens is 294 g/mol. The first kappa shape index (κ1) is 16.5. The Hall–Kier alpha value is -1.37. The molecule has 1 saturated heterocycles. The minimum atomic E-state index is -0.284. The van der Waals surface area contributed by atoms with E-state index in [-0.39, 0.29) is 17.8 Å². The van der Waals surface area contributed by atoms with Gasteiger partial charge in [0, 0.05) is 57.1 Å². The number of aromatic hydroxyl groups is 1. The predicted octanol–water partition coefficient (Wildman–Crippen LogP) is 0.779. The molecule has 1 aromatic heterocycles. The zero-order valence-corrected chi connectivity index (χ0v) is 13.7. The van der Waals surface area contributed by atoms with Crippen LogP contribution in [0.4, 0.5) is 0 Å². The maximum atomic E-state index is 11.9. The van der Waals surface area contributed by atoms with Crippen molar-refractivity contribution < 1.29 is 10.2 Å². The largest absolute Gasteiger partial charge is 0.503 e. The van der Waals surface area contributed by atoms with Gasteiger partial charge in [0.15, 0.2) is 5.75 Å². The van der Waals surface area contributed by atoms with Crippen molar-refractivity contribution >= 4 is 0 Å². The first-order chi connectivity index (χ1) is 11.2. The van der Waals surface area contributed by atoms with Crippen LogP contribution in [-0.4, -0.2) is 63.9 Å². The minimum absolute atomic E-state index is 0.145. The van der Waals surface area contributed by atoms with E-state index in [1.54, 1.807) is 12.3 Å². The fourth-order valence-electron chi connectivity index (χ4n) is 3.77. The summed E-state index contributed by atoms with van der Waals surface area (Å²) in [5, 5.41) is 18.8. The Bertz CT molecular complexity index is 573. The van der Waals surface area contributed by atoms with Crippen molar-refractivity contribution in [2.45, 2.75) is 38.3 Å². The van der Waals surface area contributed by atoms with Crippen molar-refractivity contribution in [3.63, 3.8) is 0 Å². The smallest absolute Gasteiger partial charge is 0.223 e. The SMILES string of the molecule is O=c1cc(CN2CCN(CCO)CC2)n(C2CCCC2)cc1O. The summed E-state index contributed by atoms with van der Waals surface area (Å²) >= 11 is 0. The molecule has 0 atom stereocenters. The van der Waals surface area contributed by atoms with Crippen LogP contribution >= 0.6 is 0 Å². The number of rotatable bonds is 5. The molecule has 6 heteroatoms. The lowest BCUT2D eigenvalue weighted by molar-refractivity contribution is 0.106. The van der Waals surface area contributed by atoms with E-state index in [0.717, 1.165) is 57.8 Å². The van der Waals surface area contributed by atoms with E-state index in [1.807, 2.05) is 0 Å². The van der Waals surface area contributed by atoms with Gasteiger partial charge in [-0.2, -0.15) is 0 Å². The lowest BCUT2D eigenvalue weighted by Crippen LogP contribution is -2.47. The van der Waals surface area contributed by atoms with Crippen molar-refractivity contribution in [3.8, 4) is 5.75 Å². The second-order valence-corrected chi connectivity index (χ2v) is 6.70. The van der Waals surface area contributed by atoms with Crippen LogP contribution in [0.1, 0.15) is 37.4 Å². The van der Waals surface area contributed by atoms with E-state index in [4.69, 9.17) is 5.11 Å². The molecule has 2 fully saturated rings. The van der Waals surface area contributed by atoms with Crippen LogP contribution in [0.3, 0.4) is 0 Å². The molecule has 1 aliphatic carbocycles. The molecule has 0 spiro atoms. The highest BCUT2D eigenvalue weighted by atomic mass is 16.3. The normalized spacial score (nSPS) is 21.1. The average molecular weight is 321 g/mol. The van der Waals surface area contributed by atoms with Gasteiger partial charge in [0.25, 0.3) is 0 Å². The Morgan fingerprint density at radius 2 is 1.74 bits per heavy atom. The Labute approximate surface area is 136 Å². The maximum Gasteiger partial charge on any atom is 0.223 e. The standard InChI is InChI=1S/C17H27N3O3/c21-10-9-18-5-7-19(8-6-18)12-15-11-16(22)17(23)13-20(15)14-3-1-2-4-14/h11,13-14,21,23H,1-10,12H2. The fraction of sp³-hybridized carbons (Fsp3) is 0.706. The molecule has 128 valence electrons. The van der Waals surface area contributed by atoms with Crippen LogP contribution in [0.25, 0.3) is 0 Å². The number of nitrogens with zero attached hydrogens (tertiary/aromatic N) is 3. The summed E-state index contributed by atoms with van der Waals surface area (Å²) < 4.78 is 2.13. The number of aromatic nitrogens is 1. The van der Waals surface area contributed by atoms with Crippen LogP contribution in [0, 0.1) is 0 Å². The first-order valence-electron chi connectivity index (χ1n) is 8.67. The molecule has 1 saturated carbocycles. The molecule has 0 radical (unpaired) electrons. The molecule has 6 nitrogen and oxygen atoms in total. The molecular formula is C17H27N3O3. The van der Waals surface area contributed by atoms with Gasteiger partial charge >= 0.3 is 0 Å². The zero-order valence-electron chi connectivity index (χ0n) is 13.7. The number of hydrogen-bond acceptors (Lipinski definition) is 5. The monoisotopic (exact) mass is 321 g/mol. The second kappa shape index (κ2) is 7.47. The topological polar surface area (TPSA) is 68.9 Å². The van der Waals surface area contributed by atoms with Crippen LogP contribution < -0.4 is 5.43 Å². The highest BCUT2D eigenvalue weighted by Crippen LogP contribution is 2.31. The zero-order chi connectivity index (χ0) is 16.2. The van der Waals surface area contributed by atoms with E-state index < -0.39 is 0 Å². The van der Waals surface area contributed by atoms with E-state index in [9.17, 15) is 9.90 Å². The quantitative estimate of drug-likeness (QED) is 0.839. The molecule has 2 aliphatic rings. The molecule has 2 N–H and O–H groups in total. The van der Waals surface area contributed by atoms with E-state index >= 15 is 0 Å². The van der Waals surface area contributed by atoms with Gasteiger partial charge in [-0.1, -0.05) is 12.8 Å². The molecule has 23 heavy (non-hydrogen) atoms. The fourth-order valence-corrected chi connectivity index (χ4v) is 3.77. The average Bonchev–Trinajstić information content (AvgIpc) is 3.07. The molecule has 0 aromatic carbocycles. The van der Waals surface area contributed by atoms with Crippen molar-refractivity contribution in [3.05, 3.63) is 28.2 Å². The lowest BCUT2D eigenvalue weighted by Gasteiger charge is -2.35. The van der Waals surface area contributed by atoms with Gasteiger partial charge in [-0.15, -0.1) is 0 Å². The van der Waals surface area contributed by atoms with Crippen LogP contribution in [0.5, 0.6) is 5.75 Å². The number of aliphatic hydroxyl groups is 1. The van der Waals surface area contributed by atoms with E-state index in [2.05, 4.69) is 14.4 Å². The Balaban J connectivity index is 1.72. The predicted molar refractivity (Wildman–Crippen MR) is 88.7 cm³/mol. The van der Waals surface area contributed by atoms with Crippen molar-refractivity contribution in [2.24, 2.45) is 0 Å². The third kappa shape index (κ3) is 3.94. The van der Waals surface area contributed by atoms with E-state index in [1.165, 1.54) is 12.8 Å². The molecule has 0 bridgehead atoms. The van der Waals surface area contributed by atoms with E-state index in [0.29, 0.717) is 6.04 Å². The first-order valence-corrected chi connectivity index (χ1v) is 8.67. The third-order valence-corrected chi connectivity index (χ3v) is 5.13. The number of piperazine rings is 1. The summed E-state index contributed by atoms with van der Waals surface area (Å²) in [7, 11) is 0. The third-order valence-electron chi connectivity index (χ3n) is 5.13. The van der Waals surface area contributed by atoms with Gasteiger partial charge in [0.05, 0.1) is 12.8 Å². The van der Waals surface area contributed by atoms with Gasteiger partial charge in [-0.25, -0.2) is 0 Å². The van der Waals surface area contributed by atoms with Gasteiger partial charge in [0.1, 0.15) is 0 Å². The maximum absolute atomic E-state index is 11.9. The summed E-state index contributed by atoms with van der Waals surface area (Å²) in [4.78, 5) is 16.5. The van der Waals surface area contributed by atoms with Crippen molar-refractivity contribution in [1.29, 1.82) is 0 Å². The van der Waals surface area contributed by atoms with Gasteiger partial charge in [-0.3, -0.25) is 14.6 Å². The van der Waals surface area contributed by atoms with Gasteiger partial charge in [-0.05, 0) is 12.8 Å². The Morgan fingerprint density at radius 1 is 1.09 bits per heavy atom. The molecule has 3 rings (SSSR count). The molecule has 0 unspecified atom stereocenters. The molecule has 0 amide bonds. The van der Waals surface area contributed by atoms with Gasteiger partial charge in [0.2, 0.25) is 5.43 Å². The van der Waals surface area contributed by atoms with Crippen molar-refractivity contribution in [2.75, 3.05) is 39.3 Å². The van der Waals surface area contributed by atoms with Crippen LogP contribution in [-0.2, 0) is 6.54 Å². The minimum Gasteiger partial charge on any atom is -0.503 e. The summed E-state index contributed by atoms with van der Waals surface area (Å²) in [5.74, 6) is -0.145. The molecule has 1 aliphatic heterocycles. The number of β-amino-alcohol motifs (C(OH)–C–C–N with tert-alkyl or cyclic N) is 1. The highest BCUT2D eigenvalue weighted by molar-refractivity contribution is 5.21. The number of aliphatic hydroxyl groups excluding tert-OH is 1.